The highest BCUT2D eigenvalue weighted by atomic mass is 16.1. The van der Waals surface area contributed by atoms with E-state index in [0.29, 0.717) is 36.2 Å². The lowest BCUT2D eigenvalue weighted by molar-refractivity contribution is -0.153. The zero-order valence-corrected chi connectivity index (χ0v) is 12.5. The van der Waals surface area contributed by atoms with Gasteiger partial charge in [0.05, 0.1) is 5.41 Å². The SMILES string of the molecule is CC1CC(=O)C23CCCN4CCC[C@]2(C4)C(=O)CC3C1. The highest BCUT2D eigenvalue weighted by Crippen LogP contribution is 2.65. The van der Waals surface area contributed by atoms with Gasteiger partial charge in [-0.25, -0.2) is 0 Å². The Balaban J connectivity index is 1.86. The Morgan fingerprint density at radius 1 is 1.05 bits per heavy atom. The number of carbonyl (C=O) groups is 2. The number of ketones is 2. The van der Waals surface area contributed by atoms with Crippen molar-refractivity contribution in [2.75, 3.05) is 19.6 Å². The van der Waals surface area contributed by atoms with Gasteiger partial charge in [0.2, 0.25) is 0 Å². The number of carbonyl (C=O) groups excluding carboxylic acids is 2. The van der Waals surface area contributed by atoms with Crippen molar-refractivity contribution in [1.82, 2.24) is 4.90 Å². The van der Waals surface area contributed by atoms with E-state index in [1.165, 1.54) is 0 Å². The van der Waals surface area contributed by atoms with Crippen molar-refractivity contribution >= 4 is 11.6 Å². The van der Waals surface area contributed by atoms with Crippen LogP contribution in [-0.4, -0.2) is 36.1 Å². The van der Waals surface area contributed by atoms with Gasteiger partial charge in [-0.1, -0.05) is 6.92 Å². The summed E-state index contributed by atoms with van der Waals surface area (Å²) in [6, 6.07) is 0. The maximum atomic E-state index is 13.1. The molecule has 0 N–H and O–H groups in total. The normalized spacial score (nSPS) is 51.4. The molecule has 0 aromatic heterocycles. The summed E-state index contributed by atoms with van der Waals surface area (Å²) in [5.74, 6) is 1.70. The van der Waals surface area contributed by atoms with Gasteiger partial charge in [0.1, 0.15) is 11.6 Å². The third-order valence-corrected chi connectivity index (χ3v) is 6.85. The van der Waals surface area contributed by atoms with Gasteiger partial charge in [0, 0.05) is 24.8 Å². The molecule has 4 fully saturated rings. The van der Waals surface area contributed by atoms with E-state index in [4.69, 9.17) is 0 Å². The second-order valence-electron chi connectivity index (χ2n) is 7.83. The average Bonchev–Trinajstić information content (AvgIpc) is 2.55. The predicted octanol–water partition coefficient (Wildman–Crippen LogP) is 2.44. The van der Waals surface area contributed by atoms with Crippen LogP contribution in [0, 0.1) is 22.7 Å². The van der Waals surface area contributed by atoms with Crippen LogP contribution in [0.4, 0.5) is 0 Å². The number of Topliss-reactive ketones (excluding diaryl/α,β-unsaturated/α-hetero) is 2. The quantitative estimate of drug-likeness (QED) is 0.681. The molecule has 4 aliphatic rings. The third kappa shape index (κ3) is 1.40. The predicted molar refractivity (Wildman–Crippen MR) is 76.3 cm³/mol. The van der Waals surface area contributed by atoms with E-state index in [-0.39, 0.29) is 10.8 Å². The molecule has 2 aliphatic heterocycles. The fourth-order valence-electron chi connectivity index (χ4n) is 6.17. The lowest BCUT2D eigenvalue weighted by Gasteiger charge is -2.51. The largest absolute Gasteiger partial charge is 0.302 e. The van der Waals surface area contributed by atoms with E-state index < -0.39 is 0 Å². The number of fused-ring (bicyclic) bond motifs is 1. The second-order valence-corrected chi connectivity index (χ2v) is 7.83. The Hall–Kier alpha value is -0.700. The van der Waals surface area contributed by atoms with E-state index in [9.17, 15) is 9.59 Å². The summed E-state index contributed by atoms with van der Waals surface area (Å²) in [6.45, 7) is 5.28. The molecule has 3 heteroatoms. The lowest BCUT2D eigenvalue weighted by atomic mass is 9.51. The molecule has 5 atom stereocenters. The van der Waals surface area contributed by atoms with Gasteiger partial charge in [0.25, 0.3) is 0 Å². The molecule has 2 aliphatic carbocycles. The van der Waals surface area contributed by atoms with Crippen LogP contribution in [0.5, 0.6) is 0 Å². The van der Waals surface area contributed by atoms with Crippen molar-refractivity contribution in [1.29, 1.82) is 0 Å². The molecule has 4 unspecified atom stereocenters. The van der Waals surface area contributed by atoms with Crippen LogP contribution in [-0.2, 0) is 9.59 Å². The number of nitrogens with zero attached hydrogens (tertiary/aromatic N) is 1. The van der Waals surface area contributed by atoms with Crippen LogP contribution in [0.15, 0.2) is 0 Å². The molecule has 0 amide bonds. The van der Waals surface area contributed by atoms with Crippen molar-refractivity contribution in [3.63, 3.8) is 0 Å². The first-order valence-corrected chi connectivity index (χ1v) is 8.37. The minimum atomic E-state index is -0.302. The van der Waals surface area contributed by atoms with Gasteiger partial charge >= 0.3 is 0 Å². The highest BCUT2D eigenvalue weighted by molar-refractivity contribution is 6.00. The van der Waals surface area contributed by atoms with Crippen molar-refractivity contribution in [2.24, 2.45) is 22.7 Å². The standard InChI is InChI=1S/C17H25NO2/c1-12-8-13-10-14(19)16-4-2-6-18(11-16)7-3-5-17(13,16)15(20)9-12/h12-13H,2-11H2,1H3/t12?,13?,16-,17?/m0/s1. The minimum Gasteiger partial charge on any atom is -0.302 e. The van der Waals surface area contributed by atoms with Crippen LogP contribution < -0.4 is 0 Å². The molecule has 2 saturated heterocycles. The topological polar surface area (TPSA) is 37.4 Å². The molecule has 110 valence electrons. The molecule has 2 bridgehead atoms. The van der Waals surface area contributed by atoms with Crippen LogP contribution >= 0.6 is 0 Å². The summed E-state index contributed by atoms with van der Waals surface area (Å²) < 4.78 is 0. The maximum absolute atomic E-state index is 13.1. The summed E-state index contributed by atoms with van der Waals surface area (Å²) in [4.78, 5) is 28.5. The van der Waals surface area contributed by atoms with Gasteiger partial charge in [-0.15, -0.1) is 0 Å². The summed E-state index contributed by atoms with van der Waals surface area (Å²) in [5.41, 5.74) is -0.574. The highest BCUT2D eigenvalue weighted by Gasteiger charge is 2.69. The fourth-order valence-corrected chi connectivity index (χ4v) is 6.17. The first kappa shape index (κ1) is 13.0. The molecule has 2 heterocycles. The number of rotatable bonds is 0. The van der Waals surface area contributed by atoms with E-state index >= 15 is 0 Å². The van der Waals surface area contributed by atoms with Gasteiger partial charge in [-0.2, -0.15) is 0 Å². The first-order valence-electron chi connectivity index (χ1n) is 8.37. The second kappa shape index (κ2) is 4.16. The summed E-state index contributed by atoms with van der Waals surface area (Å²) in [7, 11) is 0. The van der Waals surface area contributed by atoms with Crippen LogP contribution in [0.3, 0.4) is 0 Å². The molecule has 2 spiro atoms. The zero-order valence-electron chi connectivity index (χ0n) is 12.5. The van der Waals surface area contributed by atoms with Crippen LogP contribution in [0.1, 0.15) is 51.9 Å². The van der Waals surface area contributed by atoms with Crippen molar-refractivity contribution in [3.05, 3.63) is 0 Å². The maximum Gasteiger partial charge on any atom is 0.141 e. The molecule has 0 aromatic carbocycles. The number of hydrogen-bond donors (Lipinski definition) is 0. The Morgan fingerprint density at radius 2 is 1.80 bits per heavy atom. The monoisotopic (exact) mass is 275 g/mol. The van der Waals surface area contributed by atoms with Crippen LogP contribution in [0.2, 0.25) is 0 Å². The molecular formula is C17H25NO2. The molecule has 20 heavy (non-hydrogen) atoms. The Labute approximate surface area is 121 Å². The molecular weight excluding hydrogens is 250 g/mol. The third-order valence-electron chi connectivity index (χ3n) is 6.85. The van der Waals surface area contributed by atoms with E-state index in [1.807, 2.05) is 0 Å². The molecule has 3 nitrogen and oxygen atoms in total. The smallest absolute Gasteiger partial charge is 0.141 e. The van der Waals surface area contributed by atoms with Crippen molar-refractivity contribution in [2.45, 2.75) is 51.9 Å². The molecule has 2 saturated carbocycles. The first-order chi connectivity index (χ1) is 9.58. The summed E-state index contributed by atoms with van der Waals surface area (Å²) >= 11 is 0. The average molecular weight is 275 g/mol. The molecule has 0 aromatic rings. The van der Waals surface area contributed by atoms with Crippen LogP contribution in [0.25, 0.3) is 0 Å². The summed E-state index contributed by atoms with van der Waals surface area (Å²) in [5, 5.41) is 0. The lowest BCUT2D eigenvalue weighted by Crippen LogP contribution is -2.57. The fraction of sp³-hybridized carbons (Fsp3) is 0.882. The van der Waals surface area contributed by atoms with Gasteiger partial charge in [-0.05, 0) is 57.0 Å². The Bertz CT molecular complexity index is 474. The van der Waals surface area contributed by atoms with Gasteiger partial charge in [-0.3, -0.25) is 9.59 Å². The minimum absolute atomic E-state index is 0.272. The summed E-state index contributed by atoms with van der Waals surface area (Å²) in [6.07, 6.45) is 6.65. The van der Waals surface area contributed by atoms with E-state index in [0.717, 1.165) is 51.7 Å². The molecule has 0 radical (unpaired) electrons. The molecule has 4 rings (SSSR count). The van der Waals surface area contributed by atoms with E-state index in [2.05, 4.69) is 11.8 Å². The van der Waals surface area contributed by atoms with E-state index in [1.54, 1.807) is 0 Å². The van der Waals surface area contributed by atoms with Crippen molar-refractivity contribution < 1.29 is 9.59 Å². The van der Waals surface area contributed by atoms with Crippen molar-refractivity contribution in [3.8, 4) is 0 Å². The Morgan fingerprint density at radius 3 is 2.60 bits per heavy atom. The van der Waals surface area contributed by atoms with Gasteiger partial charge in [0.15, 0.2) is 0 Å². The zero-order chi connectivity index (χ0) is 14.0. The number of piperidine rings is 1. The Kier molecular flexibility index (Phi) is 2.70. The number of hydrogen-bond acceptors (Lipinski definition) is 3. The van der Waals surface area contributed by atoms with Gasteiger partial charge < -0.3 is 4.90 Å².